The maximum atomic E-state index is 13.8. The van der Waals surface area contributed by atoms with Crippen LogP contribution in [0.15, 0.2) is 47.3 Å². The molecule has 1 spiro atoms. The van der Waals surface area contributed by atoms with Crippen molar-refractivity contribution >= 4 is 23.5 Å². The Balaban J connectivity index is 1.72. The molecule has 5 atom stereocenters. The lowest BCUT2D eigenvalue weighted by Crippen LogP contribution is -2.85. The normalized spacial score (nSPS) is 39.2. The van der Waals surface area contributed by atoms with Gasteiger partial charge in [0.2, 0.25) is 0 Å². The van der Waals surface area contributed by atoms with Crippen LogP contribution in [0.25, 0.3) is 0 Å². The summed E-state index contributed by atoms with van der Waals surface area (Å²) in [7, 11) is 2.65. The fraction of sp³-hybridized carbons (Fsp3) is 0.500. The first-order valence-corrected chi connectivity index (χ1v) is 12.8. The molecule has 196 valence electrons. The van der Waals surface area contributed by atoms with E-state index in [0.29, 0.717) is 17.6 Å². The van der Waals surface area contributed by atoms with Gasteiger partial charge in [0.1, 0.15) is 22.8 Å². The summed E-state index contributed by atoms with van der Waals surface area (Å²) in [4.78, 5) is 25.7. The molecular weight excluding hydrogens is 500 g/mol. The van der Waals surface area contributed by atoms with Crippen LogP contribution < -0.4 is 4.74 Å². The van der Waals surface area contributed by atoms with Crippen LogP contribution >= 0.6 is 11.6 Å². The number of esters is 2. The summed E-state index contributed by atoms with van der Waals surface area (Å²) < 4.78 is 23.6. The predicted octanol–water partition coefficient (Wildman–Crippen LogP) is 4.21. The number of hydrogen-bond donors (Lipinski definition) is 2. The Kier molecular flexibility index (Phi) is 4.82. The summed E-state index contributed by atoms with van der Waals surface area (Å²) in [6.07, 6.45) is 8.83. The van der Waals surface area contributed by atoms with Crippen LogP contribution in [-0.4, -0.2) is 52.6 Å². The lowest BCUT2D eigenvalue weighted by Gasteiger charge is -2.67. The van der Waals surface area contributed by atoms with Crippen LogP contribution in [0.4, 0.5) is 0 Å². The highest BCUT2D eigenvalue weighted by molar-refractivity contribution is 6.29. The zero-order valence-corrected chi connectivity index (χ0v) is 21.9. The van der Waals surface area contributed by atoms with Crippen molar-refractivity contribution in [1.82, 2.24) is 0 Å². The number of alkyl halides is 1. The molecule has 7 rings (SSSR count). The molecule has 5 aliphatic carbocycles. The minimum absolute atomic E-state index is 0.0164. The van der Waals surface area contributed by atoms with Gasteiger partial charge in [-0.25, -0.2) is 4.79 Å². The van der Waals surface area contributed by atoms with E-state index in [1.54, 1.807) is 13.0 Å². The maximum Gasteiger partial charge on any atom is 0.349 e. The van der Waals surface area contributed by atoms with Crippen molar-refractivity contribution in [3.8, 4) is 11.5 Å². The number of carbonyl (C=O) groups excluding carboxylic acids is 2. The van der Waals surface area contributed by atoms with Gasteiger partial charge in [0, 0.05) is 5.41 Å². The van der Waals surface area contributed by atoms with E-state index < -0.39 is 39.0 Å². The number of benzene rings is 1. The third kappa shape index (κ3) is 2.49. The summed E-state index contributed by atoms with van der Waals surface area (Å²) >= 11 is 7.50. The van der Waals surface area contributed by atoms with Crippen LogP contribution in [0.5, 0.6) is 11.5 Å². The largest absolute Gasteiger partial charge is 0.507 e. The molecule has 0 aromatic heterocycles. The van der Waals surface area contributed by atoms with Crippen LogP contribution in [0, 0.1) is 17.8 Å². The van der Waals surface area contributed by atoms with Gasteiger partial charge < -0.3 is 29.2 Å². The van der Waals surface area contributed by atoms with Crippen LogP contribution in [0.1, 0.15) is 54.9 Å². The Morgan fingerprint density at radius 2 is 1.92 bits per heavy atom. The average Bonchev–Trinajstić information content (AvgIpc) is 3.02. The van der Waals surface area contributed by atoms with Gasteiger partial charge in [-0.2, -0.15) is 0 Å². The molecule has 6 aliphatic rings. The van der Waals surface area contributed by atoms with E-state index in [4.69, 9.17) is 30.5 Å². The monoisotopic (exact) mass is 528 g/mol. The van der Waals surface area contributed by atoms with E-state index in [1.165, 1.54) is 26.4 Å². The number of fused-ring (bicyclic) bond motifs is 1. The lowest BCUT2D eigenvalue weighted by atomic mass is 9.46. The van der Waals surface area contributed by atoms with Gasteiger partial charge in [-0.15, -0.1) is 11.6 Å². The van der Waals surface area contributed by atoms with Crippen molar-refractivity contribution in [2.75, 3.05) is 14.2 Å². The van der Waals surface area contributed by atoms with E-state index in [9.17, 15) is 19.8 Å². The van der Waals surface area contributed by atoms with Crippen LogP contribution in [-0.2, 0) is 19.0 Å². The van der Waals surface area contributed by atoms with E-state index in [-0.39, 0.29) is 29.2 Å². The molecule has 8 nitrogen and oxygen atoms in total. The van der Waals surface area contributed by atoms with Gasteiger partial charge in [0.15, 0.2) is 15.9 Å². The Morgan fingerprint density at radius 1 is 1.16 bits per heavy atom. The summed E-state index contributed by atoms with van der Waals surface area (Å²) in [6, 6.07) is 2.98. The Hall–Kier alpha value is -2.97. The zero-order valence-electron chi connectivity index (χ0n) is 21.1. The van der Waals surface area contributed by atoms with Gasteiger partial charge in [0.25, 0.3) is 0 Å². The highest BCUT2D eigenvalue weighted by Crippen LogP contribution is 2.78. The number of phenolic OH excluding ortho intramolecular Hbond substituents is 1. The number of halogens is 1. The number of hydrogen-bond acceptors (Lipinski definition) is 8. The van der Waals surface area contributed by atoms with Crippen LogP contribution in [0.3, 0.4) is 0 Å². The third-order valence-electron chi connectivity index (χ3n) is 8.89. The highest BCUT2D eigenvalue weighted by atomic mass is 35.5. The molecule has 0 radical (unpaired) electrons. The number of carbonyl (C=O) groups is 2. The molecule has 0 saturated heterocycles. The number of phenols is 1. The second-order valence-electron chi connectivity index (χ2n) is 10.9. The number of methoxy groups -OCH3 is 2. The van der Waals surface area contributed by atoms with Gasteiger partial charge >= 0.3 is 17.7 Å². The van der Waals surface area contributed by atoms with E-state index in [2.05, 4.69) is 6.08 Å². The Labute approximate surface area is 219 Å². The quantitative estimate of drug-likeness (QED) is 0.443. The summed E-state index contributed by atoms with van der Waals surface area (Å²) in [5, 5.41) is 23.6. The Morgan fingerprint density at radius 3 is 2.57 bits per heavy atom. The van der Waals surface area contributed by atoms with E-state index in [1.807, 2.05) is 13.0 Å². The first kappa shape index (κ1) is 24.4. The second kappa shape index (κ2) is 7.32. The minimum atomic E-state index is -2.35. The van der Waals surface area contributed by atoms with Crippen molar-refractivity contribution in [3.63, 3.8) is 0 Å². The second-order valence-corrected chi connectivity index (χ2v) is 11.5. The molecule has 4 bridgehead atoms. The van der Waals surface area contributed by atoms with Gasteiger partial charge in [0.05, 0.1) is 14.2 Å². The first-order chi connectivity index (χ1) is 17.4. The molecule has 1 aromatic carbocycles. The number of aliphatic hydroxyl groups is 1. The average molecular weight is 529 g/mol. The molecule has 1 heterocycles. The number of aromatic hydroxyl groups is 1. The van der Waals surface area contributed by atoms with Gasteiger partial charge in [-0.05, 0) is 73.9 Å². The fourth-order valence-electron chi connectivity index (χ4n) is 7.41. The molecule has 9 heteroatoms. The summed E-state index contributed by atoms with van der Waals surface area (Å²) in [5.74, 6) is -4.24. The molecule has 1 aromatic rings. The molecule has 37 heavy (non-hydrogen) atoms. The number of rotatable bonds is 3. The van der Waals surface area contributed by atoms with Crippen molar-refractivity contribution < 1.29 is 38.7 Å². The molecule has 2 unspecified atom stereocenters. The maximum absolute atomic E-state index is 13.8. The van der Waals surface area contributed by atoms with Crippen LogP contribution in [0.2, 0.25) is 0 Å². The molecule has 1 aliphatic heterocycles. The van der Waals surface area contributed by atoms with Crippen molar-refractivity contribution in [2.45, 2.75) is 62.2 Å². The number of aryl methyl sites for hydroxylation is 1. The Bertz CT molecular complexity index is 1360. The first-order valence-electron chi connectivity index (χ1n) is 12.4. The van der Waals surface area contributed by atoms with Gasteiger partial charge in [-0.3, -0.25) is 4.79 Å². The predicted molar refractivity (Wildman–Crippen MR) is 132 cm³/mol. The molecule has 0 amide bonds. The highest BCUT2D eigenvalue weighted by Gasteiger charge is 2.92. The summed E-state index contributed by atoms with van der Waals surface area (Å²) in [6.45, 7) is 3.58. The zero-order chi connectivity index (χ0) is 26.6. The van der Waals surface area contributed by atoms with E-state index >= 15 is 0 Å². The molecule has 1 saturated carbocycles. The van der Waals surface area contributed by atoms with Crippen molar-refractivity contribution in [2.24, 2.45) is 10.8 Å². The molecule has 1 fully saturated rings. The van der Waals surface area contributed by atoms with Gasteiger partial charge in [-0.1, -0.05) is 19.1 Å². The molecular formula is C28H29ClO8. The molecule has 2 N–H and O–H groups in total. The minimum Gasteiger partial charge on any atom is -0.507 e. The van der Waals surface area contributed by atoms with Crippen molar-refractivity contribution in [3.05, 3.63) is 58.4 Å². The SMILES string of the molecule is COC(=O)[C@]12C=C(OC)[C@]3(Cl)C(O)(C(C4=CCCCC4)=C[C@@]3(C)C1)C21OC(=O)c2c(O)cc(C)cc2O1. The topological polar surface area (TPSA) is 112 Å². The number of allylic oxidation sites excluding steroid dienone is 2. The lowest BCUT2D eigenvalue weighted by molar-refractivity contribution is -0.331. The fourth-order valence-corrected chi connectivity index (χ4v) is 7.89. The third-order valence-corrected chi connectivity index (χ3v) is 9.78. The summed E-state index contributed by atoms with van der Waals surface area (Å²) in [5.41, 5.74) is -3.35. The standard InChI is InChI=1S/C28H29ClO8/c1-15-10-18(30)21-19(11-15)36-28(37-22(21)31)25(23(32)35-4)13-20(34-3)26(29)24(2,14-25)12-17(27(26,28)33)16-8-6-5-7-9-16/h8,10-13,30,33H,5-7,9,14H2,1-4H3/t24-,25-,26+,27?,28?/m0/s1. The number of ether oxygens (including phenoxy) is 4. The smallest absolute Gasteiger partial charge is 0.349 e. The van der Waals surface area contributed by atoms with E-state index in [0.717, 1.165) is 24.8 Å². The van der Waals surface area contributed by atoms with Crippen molar-refractivity contribution in [1.29, 1.82) is 0 Å².